The van der Waals surface area contributed by atoms with Gasteiger partial charge in [-0.3, -0.25) is 4.79 Å². The van der Waals surface area contributed by atoms with Gasteiger partial charge in [0.2, 0.25) is 5.91 Å². The summed E-state index contributed by atoms with van der Waals surface area (Å²) in [5.74, 6) is 2.58. The Bertz CT molecular complexity index is 1270. The summed E-state index contributed by atoms with van der Waals surface area (Å²) in [5.41, 5.74) is 3.11. The third-order valence-electron chi connectivity index (χ3n) is 6.03. The number of amides is 1. The van der Waals surface area contributed by atoms with Crippen molar-refractivity contribution in [2.75, 3.05) is 20.3 Å². The molecule has 0 aliphatic rings. The number of unbranched alkanes of at least 4 members (excludes halogenated alkanes) is 1. The van der Waals surface area contributed by atoms with E-state index in [1.165, 1.54) is 0 Å². The van der Waals surface area contributed by atoms with Gasteiger partial charge in [0.15, 0.2) is 0 Å². The molecule has 4 aromatic rings. The van der Waals surface area contributed by atoms with E-state index in [2.05, 4.69) is 16.0 Å². The van der Waals surface area contributed by atoms with E-state index in [4.69, 9.17) is 26.1 Å². The maximum absolute atomic E-state index is 12.3. The first-order chi connectivity index (χ1) is 17.6. The molecule has 1 heterocycles. The van der Waals surface area contributed by atoms with Gasteiger partial charge in [-0.1, -0.05) is 48.0 Å². The minimum absolute atomic E-state index is 0.0205. The highest BCUT2D eigenvalue weighted by Crippen LogP contribution is 2.23. The van der Waals surface area contributed by atoms with Gasteiger partial charge in [-0.15, -0.1) is 0 Å². The Labute approximate surface area is 217 Å². The monoisotopic (exact) mass is 505 g/mol. The quantitative estimate of drug-likeness (QED) is 0.231. The van der Waals surface area contributed by atoms with Gasteiger partial charge in [-0.2, -0.15) is 0 Å². The molecule has 1 aromatic heterocycles. The third kappa shape index (κ3) is 7.01. The molecule has 36 heavy (non-hydrogen) atoms. The highest BCUT2D eigenvalue weighted by atomic mass is 35.5. The van der Waals surface area contributed by atoms with Crippen LogP contribution in [0.5, 0.6) is 11.5 Å². The molecule has 0 aliphatic heterocycles. The highest BCUT2D eigenvalue weighted by Gasteiger charge is 2.11. The van der Waals surface area contributed by atoms with Gasteiger partial charge in [-0.25, -0.2) is 4.98 Å². The van der Waals surface area contributed by atoms with Gasteiger partial charge in [0.1, 0.15) is 17.3 Å². The van der Waals surface area contributed by atoms with Crippen molar-refractivity contribution in [1.82, 2.24) is 14.9 Å². The van der Waals surface area contributed by atoms with Crippen LogP contribution in [0.3, 0.4) is 0 Å². The van der Waals surface area contributed by atoms with E-state index in [0.29, 0.717) is 24.6 Å². The molecule has 0 atom stereocenters. The normalized spacial score (nSPS) is 10.9. The second-order valence-electron chi connectivity index (χ2n) is 8.63. The first-order valence-electron chi connectivity index (χ1n) is 12.3. The molecule has 0 bridgehead atoms. The Hall–Kier alpha value is -3.51. The molecule has 0 spiro atoms. The summed E-state index contributed by atoms with van der Waals surface area (Å²) in [4.78, 5) is 17.2. The largest absolute Gasteiger partial charge is 0.497 e. The molecule has 1 N–H and O–H groups in total. The number of nitrogens with zero attached hydrogens (tertiary/aromatic N) is 2. The van der Waals surface area contributed by atoms with Crippen molar-refractivity contribution in [1.29, 1.82) is 0 Å². The second-order valence-corrected chi connectivity index (χ2v) is 9.04. The van der Waals surface area contributed by atoms with Gasteiger partial charge >= 0.3 is 0 Å². The average Bonchev–Trinajstić information content (AvgIpc) is 3.25. The number of nitrogens with one attached hydrogen (secondary N) is 1. The van der Waals surface area contributed by atoms with Gasteiger partial charge in [-0.05, 0) is 61.2 Å². The van der Waals surface area contributed by atoms with Crippen LogP contribution in [-0.2, 0) is 24.2 Å². The van der Waals surface area contributed by atoms with Crippen molar-refractivity contribution in [2.45, 2.75) is 38.6 Å². The summed E-state index contributed by atoms with van der Waals surface area (Å²) in [5, 5.41) is 3.66. The Kier molecular flexibility index (Phi) is 9.22. The number of imidazole rings is 1. The number of ether oxygens (including phenoxy) is 2. The number of hydrogen-bond acceptors (Lipinski definition) is 4. The Morgan fingerprint density at radius 1 is 0.972 bits per heavy atom. The lowest BCUT2D eigenvalue weighted by Crippen LogP contribution is -2.26. The van der Waals surface area contributed by atoms with Crippen LogP contribution in [-0.4, -0.2) is 35.7 Å². The van der Waals surface area contributed by atoms with Crippen LogP contribution in [0, 0.1) is 0 Å². The lowest BCUT2D eigenvalue weighted by molar-refractivity contribution is -0.120. The maximum atomic E-state index is 12.3. The highest BCUT2D eigenvalue weighted by molar-refractivity contribution is 6.32. The van der Waals surface area contributed by atoms with Crippen LogP contribution in [0.25, 0.3) is 11.0 Å². The Morgan fingerprint density at radius 3 is 2.56 bits per heavy atom. The average molecular weight is 506 g/mol. The number of benzene rings is 3. The molecule has 7 heteroatoms. The fourth-order valence-electron chi connectivity index (χ4n) is 4.15. The molecule has 0 radical (unpaired) electrons. The zero-order chi connectivity index (χ0) is 25.2. The lowest BCUT2D eigenvalue weighted by Gasteiger charge is -2.11. The van der Waals surface area contributed by atoms with E-state index >= 15 is 0 Å². The molecule has 4 rings (SSSR count). The standard InChI is InChI=1S/C29H32ClN3O3/c1-35-23-16-14-22(15-17-23)21-29(34)31-18-8-13-28-32-25-10-3-4-11-26(25)33(28)19-6-7-20-36-27-12-5-2-9-24(27)30/h2-5,9-12,14-17H,6-8,13,18-21H2,1H3,(H,31,34). The van der Waals surface area contributed by atoms with Gasteiger partial charge in [0.25, 0.3) is 0 Å². The van der Waals surface area contributed by atoms with Crippen LogP contribution >= 0.6 is 11.6 Å². The first-order valence-corrected chi connectivity index (χ1v) is 12.7. The molecule has 0 aliphatic carbocycles. The number of aryl methyl sites for hydroxylation is 2. The number of fused-ring (bicyclic) bond motifs is 1. The Balaban J connectivity index is 1.25. The summed E-state index contributed by atoms with van der Waals surface area (Å²) in [6.07, 6.45) is 3.87. The predicted octanol–water partition coefficient (Wildman–Crippen LogP) is 5.85. The first kappa shape index (κ1) is 25.6. The van der Waals surface area contributed by atoms with Crippen LogP contribution in [0.4, 0.5) is 0 Å². The van der Waals surface area contributed by atoms with E-state index in [0.717, 1.165) is 66.1 Å². The summed E-state index contributed by atoms with van der Waals surface area (Å²) in [6.45, 7) is 2.10. The molecule has 0 fully saturated rings. The van der Waals surface area contributed by atoms with E-state index in [1.807, 2.05) is 66.7 Å². The van der Waals surface area contributed by atoms with Crippen molar-refractivity contribution in [3.8, 4) is 11.5 Å². The van der Waals surface area contributed by atoms with Gasteiger partial charge in [0.05, 0.1) is 36.2 Å². The molecule has 188 valence electrons. The number of para-hydroxylation sites is 3. The third-order valence-corrected chi connectivity index (χ3v) is 6.34. The fraction of sp³-hybridized carbons (Fsp3) is 0.310. The van der Waals surface area contributed by atoms with Crippen LogP contribution in [0.2, 0.25) is 5.02 Å². The summed E-state index contributed by atoms with van der Waals surface area (Å²) in [7, 11) is 1.63. The zero-order valence-corrected chi connectivity index (χ0v) is 21.3. The summed E-state index contributed by atoms with van der Waals surface area (Å²) in [6, 6.07) is 23.3. The van der Waals surface area contributed by atoms with Crippen LogP contribution in [0.1, 0.15) is 30.7 Å². The molecule has 1 amide bonds. The smallest absolute Gasteiger partial charge is 0.224 e. The SMILES string of the molecule is COc1ccc(CC(=O)NCCCc2nc3ccccc3n2CCCCOc2ccccc2Cl)cc1. The molecular weight excluding hydrogens is 474 g/mol. The van der Waals surface area contributed by atoms with Crippen molar-refractivity contribution >= 4 is 28.5 Å². The van der Waals surface area contributed by atoms with Crippen LogP contribution in [0.15, 0.2) is 72.8 Å². The van der Waals surface area contributed by atoms with E-state index in [-0.39, 0.29) is 5.91 Å². The second kappa shape index (κ2) is 13.0. The lowest BCUT2D eigenvalue weighted by atomic mass is 10.1. The van der Waals surface area contributed by atoms with Gasteiger partial charge in [0, 0.05) is 19.5 Å². The Morgan fingerprint density at radius 2 is 1.75 bits per heavy atom. The molecule has 0 unspecified atom stereocenters. The molecule has 3 aromatic carbocycles. The molecular formula is C29H32ClN3O3. The number of hydrogen-bond donors (Lipinski definition) is 1. The van der Waals surface area contributed by atoms with Crippen molar-refractivity contribution in [2.24, 2.45) is 0 Å². The number of carbonyl (C=O) groups is 1. The predicted molar refractivity (Wildman–Crippen MR) is 144 cm³/mol. The van der Waals surface area contributed by atoms with Gasteiger partial charge < -0.3 is 19.4 Å². The van der Waals surface area contributed by atoms with Crippen molar-refractivity contribution < 1.29 is 14.3 Å². The molecule has 0 saturated heterocycles. The minimum atomic E-state index is 0.0205. The maximum Gasteiger partial charge on any atom is 0.224 e. The van der Waals surface area contributed by atoms with E-state index < -0.39 is 0 Å². The topological polar surface area (TPSA) is 65.4 Å². The van der Waals surface area contributed by atoms with E-state index in [1.54, 1.807) is 7.11 Å². The van der Waals surface area contributed by atoms with E-state index in [9.17, 15) is 4.79 Å². The van der Waals surface area contributed by atoms with Crippen LogP contribution < -0.4 is 14.8 Å². The number of halogens is 1. The number of carbonyl (C=O) groups excluding carboxylic acids is 1. The summed E-state index contributed by atoms with van der Waals surface area (Å²) < 4.78 is 13.3. The van der Waals surface area contributed by atoms with Crippen molar-refractivity contribution in [3.05, 3.63) is 89.2 Å². The number of methoxy groups -OCH3 is 1. The fourth-order valence-corrected chi connectivity index (χ4v) is 4.34. The minimum Gasteiger partial charge on any atom is -0.497 e. The zero-order valence-electron chi connectivity index (χ0n) is 20.6. The number of aromatic nitrogens is 2. The molecule has 6 nitrogen and oxygen atoms in total. The number of rotatable bonds is 13. The van der Waals surface area contributed by atoms with Crippen molar-refractivity contribution in [3.63, 3.8) is 0 Å². The summed E-state index contributed by atoms with van der Waals surface area (Å²) >= 11 is 6.17. The molecule has 0 saturated carbocycles.